The summed E-state index contributed by atoms with van der Waals surface area (Å²) >= 11 is 11.6. The summed E-state index contributed by atoms with van der Waals surface area (Å²) in [6.45, 7) is 0.00428. The molecule has 106 valence electrons. The molecular formula is C13H8Cl2F3NO. The average molecular weight is 322 g/mol. The van der Waals surface area contributed by atoms with E-state index in [1.54, 1.807) is 0 Å². The quantitative estimate of drug-likeness (QED) is 0.743. The fourth-order valence-corrected chi connectivity index (χ4v) is 1.89. The first-order valence-corrected chi connectivity index (χ1v) is 6.22. The van der Waals surface area contributed by atoms with Crippen LogP contribution in [0.4, 0.5) is 13.2 Å². The minimum Gasteiger partial charge on any atom is -0.489 e. The smallest absolute Gasteiger partial charge is 0.416 e. The van der Waals surface area contributed by atoms with Crippen molar-refractivity contribution < 1.29 is 17.9 Å². The first-order valence-electron chi connectivity index (χ1n) is 5.46. The Morgan fingerprint density at radius 3 is 2.55 bits per heavy atom. The maximum atomic E-state index is 12.5. The highest BCUT2D eigenvalue weighted by atomic mass is 35.5. The van der Waals surface area contributed by atoms with Gasteiger partial charge in [-0.1, -0.05) is 29.3 Å². The molecule has 0 unspecified atom stereocenters. The van der Waals surface area contributed by atoms with Crippen molar-refractivity contribution in [1.82, 2.24) is 4.98 Å². The molecule has 2 aromatic rings. The molecule has 0 aliphatic carbocycles. The predicted octanol–water partition coefficient (Wildman–Crippen LogP) is 4.99. The molecule has 0 bridgehead atoms. The molecule has 20 heavy (non-hydrogen) atoms. The first-order chi connectivity index (χ1) is 9.36. The van der Waals surface area contributed by atoms with E-state index < -0.39 is 11.7 Å². The van der Waals surface area contributed by atoms with Crippen LogP contribution in [0.5, 0.6) is 5.75 Å². The van der Waals surface area contributed by atoms with E-state index in [1.165, 1.54) is 24.4 Å². The second-order valence-corrected chi connectivity index (χ2v) is 4.71. The third-order valence-corrected chi connectivity index (χ3v) is 3.01. The third-order valence-electron chi connectivity index (χ3n) is 2.45. The van der Waals surface area contributed by atoms with Crippen LogP contribution in [0.3, 0.4) is 0 Å². The van der Waals surface area contributed by atoms with E-state index in [1.807, 2.05) is 0 Å². The Hall–Kier alpha value is -1.46. The Bertz CT molecular complexity index is 617. The van der Waals surface area contributed by atoms with Crippen LogP contribution in [-0.4, -0.2) is 4.98 Å². The van der Waals surface area contributed by atoms with Crippen molar-refractivity contribution in [1.29, 1.82) is 0 Å². The van der Waals surface area contributed by atoms with Crippen molar-refractivity contribution in [2.75, 3.05) is 0 Å². The van der Waals surface area contributed by atoms with Gasteiger partial charge in [0.25, 0.3) is 0 Å². The zero-order valence-corrected chi connectivity index (χ0v) is 11.4. The maximum absolute atomic E-state index is 12.5. The molecule has 0 N–H and O–H groups in total. The van der Waals surface area contributed by atoms with E-state index in [2.05, 4.69) is 4.98 Å². The Kier molecular flexibility index (Phi) is 4.40. The Morgan fingerprint density at radius 1 is 1.15 bits per heavy atom. The van der Waals surface area contributed by atoms with Gasteiger partial charge in [0, 0.05) is 11.8 Å². The van der Waals surface area contributed by atoms with E-state index in [9.17, 15) is 13.2 Å². The molecule has 0 spiro atoms. The molecular weight excluding hydrogens is 314 g/mol. The lowest BCUT2D eigenvalue weighted by Gasteiger charge is -2.10. The van der Waals surface area contributed by atoms with E-state index >= 15 is 0 Å². The van der Waals surface area contributed by atoms with Crippen LogP contribution in [0, 0.1) is 0 Å². The lowest BCUT2D eigenvalue weighted by atomic mass is 10.2. The molecule has 0 fully saturated rings. The van der Waals surface area contributed by atoms with Crippen LogP contribution in [0.15, 0.2) is 36.5 Å². The van der Waals surface area contributed by atoms with Crippen molar-refractivity contribution in [3.8, 4) is 5.75 Å². The summed E-state index contributed by atoms with van der Waals surface area (Å²) in [7, 11) is 0. The minimum absolute atomic E-state index is 0.00428. The zero-order chi connectivity index (χ0) is 14.8. The molecule has 0 amide bonds. The number of alkyl halides is 3. The van der Waals surface area contributed by atoms with Crippen molar-refractivity contribution >= 4 is 23.2 Å². The molecule has 0 saturated carbocycles. The molecule has 2 rings (SSSR count). The van der Waals surface area contributed by atoms with Crippen molar-refractivity contribution in [3.63, 3.8) is 0 Å². The Morgan fingerprint density at radius 2 is 1.90 bits per heavy atom. The summed E-state index contributed by atoms with van der Waals surface area (Å²) in [6, 6.07) is 6.06. The molecule has 0 radical (unpaired) electrons. The van der Waals surface area contributed by atoms with Gasteiger partial charge in [-0.15, -0.1) is 0 Å². The van der Waals surface area contributed by atoms with Gasteiger partial charge in [0.1, 0.15) is 17.5 Å². The molecule has 0 atom stereocenters. The largest absolute Gasteiger partial charge is 0.489 e. The van der Waals surface area contributed by atoms with Crippen molar-refractivity contribution in [2.24, 2.45) is 0 Å². The van der Waals surface area contributed by atoms with Crippen LogP contribution in [-0.2, 0) is 12.8 Å². The lowest BCUT2D eigenvalue weighted by molar-refractivity contribution is -0.137. The summed E-state index contributed by atoms with van der Waals surface area (Å²) in [5, 5.41) is 0.579. The zero-order valence-electron chi connectivity index (χ0n) is 9.92. The summed E-state index contributed by atoms with van der Waals surface area (Å²) in [5.41, 5.74) is -0.233. The molecule has 1 aromatic heterocycles. The van der Waals surface area contributed by atoms with E-state index in [4.69, 9.17) is 27.9 Å². The van der Waals surface area contributed by atoms with Gasteiger partial charge in [0.05, 0.1) is 10.6 Å². The second kappa shape index (κ2) is 5.89. The average Bonchev–Trinajstić information content (AvgIpc) is 2.37. The van der Waals surface area contributed by atoms with Gasteiger partial charge in [-0.2, -0.15) is 13.2 Å². The number of rotatable bonds is 3. The Balaban J connectivity index is 2.11. The fraction of sp³-hybridized carbons (Fsp3) is 0.154. The lowest BCUT2D eigenvalue weighted by Crippen LogP contribution is -2.05. The molecule has 0 saturated heterocycles. The highest BCUT2D eigenvalue weighted by Gasteiger charge is 2.30. The number of pyridine rings is 1. The maximum Gasteiger partial charge on any atom is 0.416 e. The van der Waals surface area contributed by atoms with Gasteiger partial charge in [-0.3, -0.25) is 0 Å². The van der Waals surface area contributed by atoms with Crippen LogP contribution < -0.4 is 4.74 Å². The molecule has 7 heteroatoms. The normalized spacial score (nSPS) is 11.4. The summed E-state index contributed by atoms with van der Waals surface area (Å²) < 4.78 is 42.9. The molecule has 2 nitrogen and oxygen atoms in total. The first kappa shape index (κ1) is 14.9. The van der Waals surface area contributed by atoms with Crippen LogP contribution >= 0.6 is 23.2 Å². The van der Waals surface area contributed by atoms with Gasteiger partial charge in [-0.05, 0) is 24.3 Å². The summed E-state index contributed by atoms with van der Waals surface area (Å²) in [4.78, 5) is 3.83. The number of nitrogens with zero attached hydrogens (tertiary/aromatic N) is 1. The van der Waals surface area contributed by atoms with Crippen molar-refractivity contribution in [2.45, 2.75) is 12.8 Å². The number of aromatic nitrogens is 1. The summed E-state index contributed by atoms with van der Waals surface area (Å²) in [5.74, 6) is 0.103. The van der Waals surface area contributed by atoms with Gasteiger partial charge < -0.3 is 4.74 Å². The number of benzene rings is 1. The second-order valence-electron chi connectivity index (χ2n) is 3.91. The van der Waals surface area contributed by atoms with E-state index in [0.29, 0.717) is 10.6 Å². The molecule has 1 heterocycles. The van der Waals surface area contributed by atoms with Crippen LogP contribution in [0.2, 0.25) is 10.2 Å². The number of ether oxygens (including phenoxy) is 1. The molecule has 0 aliphatic rings. The Labute approximate surface area is 123 Å². The third kappa shape index (κ3) is 3.77. The van der Waals surface area contributed by atoms with Crippen molar-refractivity contribution in [3.05, 3.63) is 57.8 Å². The van der Waals surface area contributed by atoms with Crippen LogP contribution in [0.1, 0.15) is 11.1 Å². The minimum atomic E-state index is -4.40. The standard InChI is InChI=1S/C13H8Cl2F3NO/c14-11-5-12(15)19-6-8(11)7-20-10-3-1-2-9(4-10)13(16,17)18/h1-6H,7H2. The fourth-order valence-electron chi connectivity index (χ4n) is 1.47. The van der Waals surface area contributed by atoms with Gasteiger partial charge in [-0.25, -0.2) is 4.98 Å². The highest BCUT2D eigenvalue weighted by molar-refractivity contribution is 6.34. The summed E-state index contributed by atoms with van der Waals surface area (Å²) in [6.07, 6.45) is -2.99. The molecule has 1 aromatic carbocycles. The highest BCUT2D eigenvalue weighted by Crippen LogP contribution is 2.31. The number of halogens is 5. The van der Waals surface area contributed by atoms with Gasteiger partial charge in [0.15, 0.2) is 0 Å². The van der Waals surface area contributed by atoms with Gasteiger partial charge in [0.2, 0.25) is 0 Å². The molecule has 0 aliphatic heterocycles. The number of hydrogen-bond acceptors (Lipinski definition) is 2. The topological polar surface area (TPSA) is 22.1 Å². The predicted molar refractivity (Wildman–Crippen MR) is 70.0 cm³/mol. The number of hydrogen-bond donors (Lipinski definition) is 0. The van der Waals surface area contributed by atoms with Gasteiger partial charge >= 0.3 is 6.18 Å². The van der Waals surface area contributed by atoms with Crippen LogP contribution in [0.25, 0.3) is 0 Å². The van der Waals surface area contributed by atoms with E-state index in [0.717, 1.165) is 12.1 Å². The van der Waals surface area contributed by atoms with E-state index in [-0.39, 0.29) is 17.5 Å². The SMILES string of the molecule is FC(F)(F)c1cccc(OCc2cnc(Cl)cc2Cl)c1. The monoisotopic (exact) mass is 321 g/mol.